The Kier molecular flexibility index (Phi) is 4.68. The molecule has 0 amide bonds. The van der Waals surface area contributed by atoms with Crippen LogP contribution < -0.4 is 14.8 Å². The predicted molar refractivity (Wildman–Crippen MR) is 82.7 cm³/mol. The fourth-order valence-electron chi connectivity index (χ4n) is 2.05. The minimum Gasteiger partial charge on any atom is -0.497 e. The number of benzene rings is 2. The minimum absolute atomic E-state index is 0.492. The molecule has 108 valence electrons. The lowest BCUT2D eigenvalue weighted by molar-refractivity contribution is 0.390. The molecule has 0 heterocycles. The third-order valence-electron chi connectivity index (χ3n) is 3.24. The molecule has 0 aromatic heterocycles. The van der Waals surface area contributed by atoms with Gasteiger partial charge in [0.2, 0.25) is 0 Å². The van der Waals surface area contributed by atoms with E-state index in [0.29, 0.717) is 11.5 Å². The lowest BCUT2D eigenvalue weighted by Crippen LogP contribution is -2.10. The lowest BCUT2D eigenvalue weighted by Gasteiger charge is -2.17. The molecular formula is C17H18N2O2. The molecule has 0 saturated heterocycles. The van der Waals surface area contributed by atoms with E-state index in [1.807, 2.05) is 43.3 Å². The fourth-order valence-corrected chi connectivity index (χ4v) is 2.05. The van der Waals surface area contributed by atoms with Crippen LogP contribution in [-0.4, -0.2) is 14.2 Å². The van der Waals surface area contributed by atoms with E-state index in [9.17, 15) is 5.26 Å². The van der Waals surface area contributed by atoms with Gasteiger partial charge in [-0.3, -0.25) is 0 Å². The van der Waals surface area contributed by atoms with Gasteiger partial charge in [0.05, 0.1) is 20.3 Å². The molecule has 2 rings (SSSR count). The third kappa shape index (κ3) is 3.46. The summed E-state index contributed by atoms with van der Waals surface area (Å²) in [5.41, 5.74) is 2.85. The van der Waals surface area contributed by atoms with E-state index in [0.717, 1.165) is 11.3 Å². The number of hydrogen-bond acceptors (Lipinski definition) is 4. The Hall–Kier alpha value is -2.67. The van der Waals surface area contributed by atoms with Gasteiger partial charge in [-0.1, -0.05) is 17.7 Å². The Bertz CT molecular complexity index is 645. The van der Waals surface area contributed by atoms with Gasteiger partial charge in [0, 0.05) is 17.3 Å². The second-order valence-corrected chi connectivity index (χ2v) is 4.68. The highest BCUT2D eigenvalue weighted by atomic mass is 16.5. The normalized spacial score (nSPS) is 11.3. The van der Waals surface area contributed by atoms with Crippen LogP contribution >= 0.6 is 0 Å². The summed E-state index contributed by atoms with van der Waals surface area (Å²) in [7, 11) is 3.18. The van der Waals surface area contributed by atoms with Crippen molar-refractivity contribution in [3.8, 4) is 17.6 Å². The zero-order valence-corrected chi connectivity index (χ0v) is 12.4. The summed E-state index contributed by atoms with van der Waals surface area (Å²) in [5, 5.41) is 12.6. The first-order valence-electron chi connectivity index (χ1n) is 6.62. The van der Waals surface area contributed by atoms with Gasteiger partial charge in [0.1, 0.15) is 17.5 Å². The van der Waals surface area contributed by atoms with Gasteiger partial charge >= 0.3 is 0 Å². The number of rotatable bonds is 5. The Morgan fingerprint density at radius 2 is 1.76 bits per heavy atom. The molecule has 0 fully saturated rings. The van der Waals surface area contributed by atoms with Crippen LogP contribution in [0, 0.1) is 18.3 Å². The zero-order chi connectivity index (χ0) is 15.2. The fraction of sp³-hybridized carbons (Fsp3) is 0.235. The van der Waals surface area contributed by atoms with Crippen LogP contribution in [0.5, 0.6) is 11.5 Å². The van der Waals surface area contributed by atoms with E-state index in [1.54, 1.807) is 20.3 Å². The van der Waals surface area contributed by atoms with E-state index >= 15 is 0 Å². The van der Waals surface area contributed by atoms with Gasteiger partial charge in [-0.15, -0.1) is 0 Å². The molecule has 1 unspecified atom stereocenters. The molecule has 0 aliphatic carbocycles. The third-order valence-corrected chi connectivity index (χ3v) is 3.24. The van der Waals surface area contributed by atoms with Crippen LogP contribution in [0.1, 0.15) is 17.2 Å². The minimum atomic E-state index is -0.492. The van der Waals surface area contributed by atoms with Crippen molar-refractivity contribution < 1.29 is 9.47 Å². The second kappa shape index (κ2) is 6.67. The maximum atomic E-state index is 9.44. The molecule has 0 spiro atoms. The molecule has 0 saturated carbocycles. The maximum absolute atomic E-state index is 9.44. The van der Waals surface area contributed by atoms with Crippen molar-refractivity contribution in [3.05, 3.63) is 53.6 Å². The number of nitrogens with one attached hydrogen (secondary N) is 1. The quantitative estimate of drug-likeness (QED) is 0.908. The summed E-state index contributed by atoms with van der Waals surface area (Å²) < 4.78 is 10.5. The summed E-state index contributed by atoms with van der Waals surface area (Å²) in [6, 6.07) is 15.1. The monoisotopic (exact) mass is 282 g/mol. The number of nitriles is 1. The highest BCUT2D eigenvalue weighted by Crippen LogP contribution is 2.31. The maximum Gasteiger partial charge on any atom is 0.143 e. The van der Waals surface area contributed by atoms with Crippen molar-refractivity contribution in [2.75, 3.05) is 19.5 Å². The van der Waals surface area contributed by atoms with Gasteiger partial charge in [0.25, 0.3) is 0 Å². The summed E-state index contributed by atoms with van der Waals surface area (Å²) >= 11 is 0. The first-order chi connectivity index (χ1) is 10.2. The molecule has 0 aliphatic heterocycles. The van der Waals surface area contributed by atoms with Gasteiger partial charge in [-0.25, -0.2) is 0 Å². The molecule has 0 aliphatic rings. The SMILES string of the molecule is COc1ccc(C(C#N)Nc2ccc(C)cc2)c(OC)c1. The van der Waals surface area contributed by atoms with E-state index in [4.69, 9.17) is 9.47 Å². The van der Waals surface area contributed by atoms with Crippen molar-refractivity contribution in [2.24, 2.45) is 0 Å². The molecule has 1 N–H and O–H groups in total. The number of ether oxygens (including phenoxy) is 2. The highest BCUT2D eigenvalue weighted by Gasteiger charge is 2.16. The summed E-state index contributed by atoms with van der Waals surface area (Å²) in [5.74, 6) is 1.32. The smallest absolute Gasteiger partial charge is 0.143 e. The second-order valence-electron chi connectivity index (χ2n) is 4.68. The zero-order valence-electron chi connectivity index (χ0n) is 12.4. The van der Waals surface area contributed by atoms with Crippen LogP contribution in [0.2, 0.25) is 0 Å². The molecule has 0 radical (unpaired) electrons. The average Bonchev–Trinajstić information content (AvgIpc) is 2.53. The Labute approximate surface area is 124 Å². The first-order valence-corrected chi connectivity index (χ1v) is 6.62. The molecular weight excluding hydrogens is 264 g/mol. The summed E-state index contributed by atoms with van der Waals surface area (Å²) in [6.45, 7) is 2.03. The van der Waals surface area contributed by atoms with Crippen molar-refractivity contribution in [3.63, 3.8) is 0 Å². The number of aryl methyl sites for hydroxylation is 1. The van der Waals surface area contributed by atoms with Gasteiger partial charge in [-0.2, -0.15) is 5.26 Å². The van der Waals surface area contributed by atoms with E-state index in [2.05, 4.69) is 11.4 Å². The van der Waals surface area contributed by atoms with Crippen molar-refractivity contribution in [1.29, 1.82) is 5.26 Å². The molecule has 2 aromatic carbocycles. The van der Waals surface area contributed by atoms with Crippen molar-refractivity contribution >= 4 is 5.69 Å². The summed E-state index contributed by atoms with van der Waals surface area (Å²) in [6.07, 6.45) is 0. The van der Waals surface area contributed by atoms with Gasteiger partial charge in [-0.05, 0) is 31.2 Å². The van der Waals surface area contributed by atoms with Crippen LogP contribution in [0.4, 0.5) is 5.69 Å². The number of nitrogens with zero attached hydrogens (tertiary/aromatic N) is 1. The average molecular weight is 282 g/mol. The Morgan fingerprint density at radius 1 is 1.05 bits per heavy atom. The standard InChI is InChI=1S/C17H18N2O2/c1-12-4-6-13(7-5-12)19-16(11-18)15-9-8-14(20-2)10-17(15)21-3/h4-10,16,19H,1-3H3. The highest BCUT2D eigenvalue weighted by molar-refractivity contribution is 5.52. The largest absolute Gasteiger partial charge is 0.497 e. The van der Waals surface area contributed by atoms with Gasteiger partial charge < -0.3 is 14.8 Å². The van der Waals surface area contributed by atoms with Crippen molar-refractivity contribution in [1.82, 2.24) is 0 Å². The van der Waals surface area contributed by atoms with E-state index in [1.165, 1.54) is 5.56 Å². The topological polar surface area (TPSA) is 54.3 Å². The van der Waals surface area contributed by atoms with E-state index < -0.39 is 6.04 Å². The Balaban J connectivity index is 2.29. The predicted octanol–water partition coefficient (Wildman–Crippen LogP) is 3.69. The molecule has 21 heavy (non-hydrogen) atoms. The lowest BCUT2D eigenvalue weighted by atomic mass is 10.1. The summed E-state index contributed by atoms with van der Waals surface area (Å²) in [4.78, 5) is 0. The molecule has 1 atom stereocenters. The molecule has 4 nitrogen and oxygen atoms in total. The Morgan fingerprint density at radius 3 is 2.33 bits per heavy atom. The first kappa shape index (κ1) is 14.7. The van der Waals surface area contributed by atoms with Gasteiger partial charge in [0.15, 0.2) is 0 Å². The number of anilines is 1. The van der Waals surface area contributed by atoms with Crippen molar-refractivity contribution in [2.45, 2.75) is 13.0 Å². The van der Waals surface area contributed by atoms with E-state index in [-0.39, 0.29) is 0 Å². The molecule has 2 aromatic rings. The number of methoxy groups -OCH3 is 2. The van der Waals surface area contributed by atoms with Crippen LogP contribution in [0.25, 0.3) is 0 Å². The van der Waals surface area contributed by atoms with Crippen LogP contribution in [0.3, 0.4) is 0 Å². The van der Waals surface area contributed by atoms with Crippen LogP contribution in [-0.2, 0) is 0 Å². The molecule has 4 heteroatoms. The van der Waals surface area contributed by atoms with Crippen LogP contribution in [0.15, 0.2) is 42.5 Å². The molecule has 0 bridgehead atoms. The number of hydrogen-bond donors (Lipinski definition) is 1.